The Bertz CT molecular complexity index is 258. The first-order chi connectivity index (χ1) is 5.83. The van der Waals surface area contributed by atoms with Crippen molar-refractivity contribution in [2.45, 2.75) is 6.42 Å². The molecule has 0 saturated heterocycles. The Labute approximate surface area is 79.3 Å². The van der Waals surface area contributed by atoms with Crippen molar-refractivity contribution in [1.82, 2.24) is 9.97 Å². The molecule has 0 bridgehead atoms. The molecule has 0 unspecified atom stereocenters. The highest BCUT2D eigenvalue weighted by Crippen LogP contribution is 2.03. The molecule has 0 aliphatic rings. The van der Waals surface area contributed by atoms with E-state index in [1.165, 1.54) is 12.4 Å². The highest BCUT2D eigenvalue weighted by atomic mass is 79.9. The van der Waals surface area contributed by atoms with Crippen molar-refractivity contribution in [2.75, 3.05) is 5.33 Å². The molecule has 1 rings (SSSR count). The smallest absolute Gasteiger partial charge is 0.152 e. The number of alkyl halides is 1. The van der Waals surface area contributed by atoms with Gasteiger partial charge in [0.15, 0.2) is 11.6 Å². The van der Waals surface area contributed by atoms with Crippen molar-refractivity contribution in [3.05, 3.63) is 24.3 Å². The molecular formula is C8H9BrN2O. The molecule has 0 amide bonds. The number of allylic oxidation sites excluding steroid dienone is 1. The highest BCUT2D eigenvalue weighted by molar-refractivity contribution is 9.09. The van der Waals surface area contributed by atoms with Crippen LogP contribution in [-0.4, -0.2) is 20.4 Å². The molecule has 0 radical (unpaired) electrons. The van der Waals surface area contributed by atoms with Crippen molar-refractivity contribution < 1.29 is 5.11 Å². The van der Waals surface area contributed by atoms with E-state index in [-0.39, 0.29) is 5.75 Å². The van der Waals surface area contributed by atoms with Gasteiger partial charge in [0, 0.05) is 5.33 Å². The van der Waals surface area contributed by atoms with Crippen LogP contribution >= 0.6 is 15.9 Å². The molecule has 12 heavy (non-hydrogen) atoms. The maximum Gasteiger partial charge on any atom is 0.152 e. The molecule has 0 aliphatic carbocycles. The van der Waals surface area contributed by atoms with E-state index >= 15 is 0 Å². The van der Waals surface area contributed by atoms with Gasteiger partial charge in [0.2, 0.25) is 0 Å². The summed E-state index contributed by atoms with van der Waals surface area (Å²) in [6.45, 7) is 0. The van der Waals surface area contributed by atoms with Crippen LogP contribution in [-0.2, 0) is 0 Å². The first-order valence-electron chi connectivity index (χ1n) is 3.56. The second-order valence-corrected chi connectivity index (χ2v) is 2.97. The molecule has 0 aliphatic heterocycles. The number of hydrogen-bond donors (Lipinski definition) is 1. The maximum absolute atomic E-state index is 8.87. The standard InChI is InChI=1S/C8H9BrN2O/c9-4-2-1-3-8-10-5-7(12)6-11-8/h1,3,5-6,12H,2,4H2. The lowest BCUT2D eigenvalue weighted by molar-refractivity contribution is 0.469. The summed E-state index contributed by atoms with van der Waals surface area (Å²) in [5, 5.41) is 9.80. The molecule has 64 valence electrons. The minimum absolute atomic E-state index is 0.0904. The summed E-state index contributed by atoms with van der Waals surface area (Å²) in [6, 6.07) is 0. The number of aromatic hydroxyl groups is 1. The second kappa shape index (κ2) is 4.87. The van der Waals surface area contributed by atoms with E-state index < -0.39 is 0 Å². The third-order valence-electron chi connectivity index (χ3n) is 1.20. The van der Waals surface area contributed by atoms with E-state index in [9.17, 15) is 0 Å². The first kappa shape index (κ1) is 9.19. The predicted octanol–water partition coefficient (Wildman–Crippen LogP) is 1.98. The van der Waals surface area contributed by atoms with Gasteiger partial charge in [0.1, 0.15) is 0 Å². The maximum atomic E-state index is 8.87. The SMILES string of the molecule is Oc1cnc(C=CCCBr)nc1. The number of aromatic nitrogens is 2. The van der Waals surface area contributed by atoms with E-state index in [0.717, 1.165) is 11.8 Å². The first-order valence-corrected chi connectivity index (χ1v) is 4.68. The van der Waals surface area contributed by atoms with Gasteiger partial charge in [0.05, 0.1) is 12.4 Å². The van der Waals surface area contributed by atoms with Crippen LogP contribution in [0.1, 0.15) is 12.2 Å². The van der Waals surface area contributed by atoms with Crippen LogP contribution in [0, 0.1) is 0 Å². The number of halogens is 1. The van der Waals surface area contributed by atoms with Gasteiger partial charge < -0.3 is 5.11 Å². The van der Waals surface area contributed by atoms with E-state index in [1.807, 2.05) is 12.2 Å². The normalized spacial score (nSPS) is 10.8. The van der Waals surface area contributed by atoms with Gasteiger partial charge in [-0.3, -0.25) is 0 Å². The van der Waals surface area contributed by atoms with Gasteiger partial charge in [-0.25, -0.2) is 9.97 Å². The van der Waals surface area contributed by atoms with Crippen LogP contribution in [0.3, 0.4) is 0 Å². The molecule has 1 aromatic rings. The van der Waals surface area contributed by atoms with Crippen LogP contribution in [0.15, 0.2) is 18.5 Å². The summed E-state index contributed by atoms with van der Waals surface area (Å²) >= 11 is 3.30. The molecule has 0 atom stereocenters. The third-order valence-corrected chi connectivity index (χ3v) is 1.66. The van der Waals surface area contributed by atoms with E-state index in [4.69, 9.17) is 5.11 Å². The Kier molecular flexibility index (Phi) is 3.73. The minimum atomic E-state index is 0.0904. The summed E-state index contributed by atoms with van der Waals surface area (Å²) < 4.78 is 0. The lowest BCUT2D eigenvalue weighted by atomic mass is 10.4. The summed E-state index contributed by atoms with van der Waals surface area (Å²) in [6.07, 6.45) is 7.49. The van der Waals surface area contributed by atoms with Crippen molar-refractivity contribution >= 4 is 22.0 Å². The van der Waals surface area contributed by atoms with Gasteiger partial charge >= 0.3 is 0 Å². The van der Waals surface area contributed by atoms with Gasteiger partial charge in [-0.05, 0) is 12.5 Å². The van der Waals surface area contributed by atoms with E-state index in [1.54, 1.807) is 0 Å². The highest BCUT2D eigenvalue weighted by Gasteiger charge is 1.89. The molecule has 0 fully saturated rings. The molecule has 1 aromatic heterocycles. The van der Waals surface area contributed by atoms with Crippen molar-refractivity contribution in [2.24, 2.45) is 0 Å². The van der Waals surface area contributed by atoms with Gasteiger partial charge in [-0.15, -0.1) is 0 Å². The minimum Gasteiger partial charge on any atom is -0.505 e. The number of rotatable bonds is 3. The molecule has 4 heteroatoms. The fraction of sp³-hybridized carbons (Fsp3) is 0.250. The van der Waals surface area contributed by atoms with E-state index in [0.29, 0.717) is 5.82 Å². The van der Waals surface area contributed by atoms with Crippen LogP contribution in [0.5, 0.6) is 5.75 Å². The van der Waals surface area contributed by atoms with Gasteiger partial charge in [-0.1, -0.05) is 22.0 Å². The Balaban J connectivity index is 2.58. The zero-order valence-corrected chi connectivity index (χ0v) is 8.03. The lowest BCUT2D eigenvalue weighted by Crippen LogP contribution is -1.84. The molecule has 0 aromatic carbocycles. The Morgan fingerprint density at radius 1 is 1.42 bits per heavy atom. The summed E-state index contributed by atoms with van der Waals surface area (Å²) in [4.78, 5) is 7.77. The largest absolute Gasteiger partial charge is 0.505 e. The Morgan fingerprint density at radius 3 is 2.67 bits per heavy atom. The summed E-state index contributed by atoms with van der Waals surface area (Å²) in [5.41, 5.74) is 0. The van der Waals surface area contributed by atoms with Gasteiger partial charge in [0.25, 0.3) is 0 Å². The molecule has 0 saturated carbocycles. The molecule has 1 heterocycles. The van der Waals surface area contributed by atoms with Gasteiger partial charge in [-0.2, -0.15) is 0 Å². The Hall–Kier alpha value is -0.900. The fourth-order valence-electron chi connectivity index (χ4n) is 0.669. The fourth-order valence-corrected chi connectivity index (χ4v) is 0.933. The van der Waals surface area contributed by atoms with Crippen LogP contribution in [0.25, 0.3) is 6.08 Å². The number of hydrogen-bond acceptors (Lipinski definition) is 3. The third kappa shape index (κ3) is 3.00. The van der Waals surface area contributed by atoms with Crippen LogP contribution in [0.4, 0.5) is 0 Å². The van der Waals surface area contributed by atoms with Crippen LogP contribution in [0.2, 0.25) is 0 Å². The molecule has 1 N–H and O–H groups in total. The molecular weight excluding hydrogens is 220 g/mol. The van der Waals surface area contributed by atoms with Crippen molar-refractivity contribution in [3.63, 3.8) is 0 Å². The lowest BCUT2D eigenvalue weighted by Gasteiger charge is -1.91. The summed E-state index contributed by atoms with van der Waals surface area (Å²) in [5.74, 6) is 0.710. The topological polar surface area (TPSA) is 46.0 Å². The average Bonchev–Trinajstić information content (AvgIpc) is 2.09. The van der Waals surface area contributed by atoms with Crippen molar-refractivity contribution in [3.8, 4) is 5.75 Å². The Morgan fingerprint density at radius 2 is 2.08 bits per heavy atom. The summed E-state index contributed by atoms with van der Waals surface area (Å²) in [7, 11) is 0. The zero-order valence-electron chi connectivity index (χ0n) is 6.44. The second-order valence-electron chi connectivity index (χ2n) is 2.18. The monoisotopic (exact) mass is 228 g/mol. The van der Waals surface area contributed by atoms with E-state index in [2.05, 4.69) is 25.9 Å². The van der Waals surface area contributed by atoms with Crippen molar-refractivity contribution in [1.29, 1.82) is 0 Å². The number of nitrogens with zero attached hydrogens (tertiary/aromatic N) is 2. The zero-order chi connectivity index (χ0) is 8.81. The molecule has 3 nitrogen and oxygen atoms in total. The average molecular weight is 229 g/mol. The van der Waals surface area contributed by atoms with Crippen LogP contribution < -0.4 is 0 Å². The predicted molar refractivity (Wildman–Crippen MR) is 51.1 cm³/mol. The molecule has 0 spiro atoms. The quantitative estimate of drug-likeness (QED) is 0.806.